The summed E-state index contributed by atoms with van der Waals surface area (Å²) in [7, 11) is 0. The van der Waals surface area contributed by atoms with E-state index in [-0.39, 0.29) is 12.5 Å². The molecule has 2 rings (SSSR count). The first-order chi connectivity index (χ1) is 14.2. The molecule has 156 valence electrons. The Hall–Kier alpha value is -2.82. The van der Waals surface area contributed by atoms with E-state index in [1.165, 1.54) is 6.42 Å². The molecule has 0 fully saturated rings. The number of ether oxygens (including phenoxy) is 2. The van der Waals surface area contributed by atoms with Crippen molar-refractivity contribution in [2.75, 3.05) is 13.2 Å². The molecule has 0 saturated carbocycles. The summed E-state index contributed by atoms with van der Waals surface area (Å²) in [5.74, 6) is -0.255. The second kappa shape index (κ2) is 12.6. The van der Waals surface area contributed by atoms with Crippen molar-refractivity contribution in [1.82, 2.24) is 5.32 Å². The molecule has 1 unspecified atom stereocenters. The summed E-state index contributed by atoms with van der Waals surface area (Å²) in [5, 5.41) is 2.82. The summed E-state index contributed by atoms with van der Waals surface area (Å²) in [6, 6.07) is 15.9. The molecule has 29 heavy (non-hydrogen) atoms. The molecule has 0 bridgehead atoms. The van der Waals surface area contributed by atoms with Crippen LogP contribution in [-0.2, 0) is 16.0 Å². The van der Waals surface area contributed by atoms with Crippen LogP contribution in [-0.4, -0.2) is 31.1 Å². The van der Waals surface area contributed by atoms with E-state index in [1.54, 1.807) is 25.1 Å². The van der Waals surface area contributed by atoms with Gasteiger partial charge in [-0.1, -0.05) is 68.7 Å². The van der Waals surface area contributed by atoms with Crippen molar-refractivity contribution in [3.8, 4) is 5.75 Å². The van der Waals surface area contributed by atoms with E-state index >= 15 is 0 Å². The van der Waals surface area contributed by atoms with Gasteiger partial charge in [0.25, 0.3) is 5.91 Å². The maximum absolute atomic E-state index is 12.9. The zero-order valence-electron chi connectivity index (χ0n) is 17.4. The Morgan fingerprint density at radius 2 is 1.66 bits per heavy atom. The molecular formula is C24H31NO4. The fourth-order valence-corrected chi connectivity index (χ4v) is 3.01. The number of hydrogen-bond donors (Lipinski definition) is 1. The van der Waals surface area contributed by atoms with Gasteiger partial charge in [0, 0.05) is 6.42 Å². The number of unbranched alkanes of at least 4 members (excludes halogenated alkanes) is 3. The molecule has 0 spiro atoms. The molecular weight excluding hydrogens is 366 g/mol. The Morgan fingerprint density at radius 3 is 2.38 bits per heavy atom. The highest BCUT2D eigenvalue weighted by atomic mass is 16.5. The van der Waals surface area contributed by atoms with Crippen LogP contribution in [0, 0.1) is 0 Å². The molecule has 0 aliphatic heterocycles. The lowest BCUT2D eigenvalue weighted by molar-refractivity contribution is -0.145. The third kappa shape index (κ3) is 7.60. The lowest BCUT2D eigenvalue weighted by Crippen LogP contribution is -2.43. The van der Waals surface area contributed by atoms with Crippen molar-refractivity contribution >= 4 is 11.9 Å². The molecule has 0 radical (unpaired) electrons. The third-order valence-corrected chi connectivity index (χ3v) is 4.55. The van der Waals surface area contributed by atoms with Gasteiger partial charge in [-0.2, -0.15) is 0 Å². The molecule has 0 aromatic heterocycles. The Balaban J connectivity index is 2.07. The smallest absolute Gasteiger partial charge is 0.328 e. The number of benzene rings is 2. The topological polar surface area (TPSA) is 64.6 Å². The minimum atomic E-state index is -0.762. The maximum Gasteiger partial charge on any atom is 0.328 e. The van der Waals surface area contributed by atoms with Crippen molar-refractivity contribution in [2.45, 2.75) is 52.0 Å². The largest absolute Gasteiger partial charge is 0.493 e. The summed E-state index contributed by atoms with van der Waals surface area (Å²) in [6.45, 7) is 4.74. The SMILES string of the molecule is CCCCCCOc1ccccc1C(=O)NC(Cc1ccccc1)C(=O)OCC. The molecule has 1 atom stereocenters. The predicted octanol–water partition coefficient (Wildman–Crippen LogP) is 4.55. The number of hydrogen-bond acceptors (Lipinski definition) is 4. The van der Waals surface area contributed by atoms with Gasteiger partial charge in [-0.25, -0.2) is 4.79 Å². The number of carbonyl (C=O) groups excluding carboxylic acids is 2. The van der Waals surface area contributed by atoms with Crippen molar-refractivity contribution < 1.29 is 19.1 Å². The van der Waals surface area contributed by atoms with Crippen LogP contribution >= 0.6 is 0 Å². The van der Waals surface area contributed by atoms with E-state index in [1.807, 2.05) is 36.4 Å². The zero-order chi connectivity index (χ0) is 20.9. The quantitative estimate of drug-likeness (QED) is 0.421. The minimum absolute atomic E-state index is 0.261. The lowest BCUT2D eigenvalue weighted by Gasteiger charge is -2.18. The summed E-state index contributed by atoms with van der Waals surface area (Å²) >= 11 is 0. The molecule has 2 aromatic carbocycles. The number of rotatable bonds is 12. The highest BCUT2D eigenvalue weighted by Gasteiger charge is 2.24. The van der Waals surface area contributed by atoms with Gasteiger partial charge in [0.05, 0.1) is 18.8 Å². The van der Waals surface area contributed by atoms with E-state index in [9.17, 15) is 9.59 Å². The van der Waals surface area contributed by atoms with E-state index in [0.29, 0.717) is 24.3 Å². The Kier molecular flexibility index (Phi) is 9.76. The monoisotopic (exact) mass is 397 g/mol. The maximum atomic E-state index is 12.9. The number of carbonyl (C=O) groups is 2. The van der Waals surface area contributed by atoms with Gasteiger partial charge in [-0.15, -0.1) is 0 Å². The second-order valence-electron chi connectivity index (χ2n) is 6.87. The molecule has 0 aliphatic rings. The van der Waals surface area contributed by atoms with Gasteiger partial charge >= 0.3 is 5.97 Å². The first-order valence-electron chi connectivity index (χ1n) is 10.4. The first-order valence-corrected chi connectivity index (χ1v) is 10.4. The summed E-state index contributed by atoms with van der Waals surface area (Å²) in [4.78, 5) is 25.3. The Labute approximate surface area is 173 Å². The van der Waals surface area contributed by atoms with Crippen LogP contribution in [0.3, 0.4) is 0 Å². The van der Waals surface area contributed by atoms with Crippen LogP contribution in [0.4, 0.5) is 0 Å². The average molecular weight is 398 g/mol. The van der Waals surface area contributed by atoms with Crippen molar-refractivity contribution in [2.24, 2.45) is 0 Å². The zero-order valence-corrected chi connectivity index (χ0v) is 17.4. The van der Waals surface area contributed by atoms with Gasteiger partial charge in [0.1, 0.15) is 11.8 Å². The lowest BCUT2D eigenvalue weighted by atomic mass is 10.1. The number of para-hydroxylation sites is 1. The predicted molar refractivity (Wildman–Crippen MR) is 114 cm³/mol. The van der Waals surface area contributed by atoms with Crippen LogP contribution < -0.4 is 10.1 Å². The fraction of sp³-hybridized carbons (Fsp3) is 0.417. The molecule has 0 aliphatic carbocycles. The average Bonchev–Trinajstić information content (AvgIpc) is 2.74. The highest BCUT2D eigenvalue weighted by Crippen LogP contribution is 2.19. The normalized spacial score (nSPS) is 11.5. The fourth-order valence-electron chi connectivity index (χ4n) is 3.01. The van der Waals surface area contributed by atoms with E-state index in [0.717, 1.165) is 24.8 Å². The van der Waals surface area contributed by atoms with Crippen molar-refractivity contribution in [1.29, 1.82) is 0 Å². The van der Waals surface area contributed by atoms with Crippen LogP contribution in [0.15, 0.2) is 54.6 Å². The molecule has 5 nitrogen and oxygen atoms in total. The van der Waals surface area contributed by atoms with Crippen LogP contribution in [0.5, 0.6) is 5.75 Å². The molecule has 1 amide bonds. The summed E-state index contributed by atoms with van der Waals surface area (Å²) in [5.41, 5.74) is 1.37. The molecule has 2 aromatic rings. The Morgan fingerprint density at radius 1 is 0.931 bits per heavy atom. The van der Waals surface area contributed by atoms with Gasteiger partial charge < -0.3 is 14.8 Å². The van der Waals surface area contributed by atoms with Gasteiger partial charge in [0.15, 0.2) is 0 Å². The number of esters is 1. The second-order valence-corrected chi connectivity index (χ2v) is 6.87. The third-order valence-electron chi connectivity index (χ3n) is 4.55. The van der Waals surface area contributed by atoms with Crippen LogP contribution in [0.1, 0.15) is 55.5 Å². The minimum Gasteiger partial charge on any atom is -0.493 e. The summed E-state index contributed by atoms with van der Waals surface area (Å²) in [6.07, 6.45) is 4.75. The standard InChI is InChI=1S/C24H31NO4/c1-3-5-6-12-17-29-22-16-11-10-15-20(22)23(26)25-21(24(27)28-4-2)18-19-13-8-7-9-14-19/h7-11,13-16,21H,3-6,12,17-18H2,1-2H3,(H,25,26). The van der Waals surface area contributed by atoms with Gasteiger partial charge in [-0.3, -0.25) is 4.79 Å². The van der Waals surface area contributed by atoms with Crippen LogP contribution in [0.25, 0.3) is 0 Å². The van der Waals surface area contributed by atoms with E-state index in [4.69, 9.17) is 9.47 Å². The molecule has 5 heteroatoms. The van der Waals surface area contributed by atoms with E-state index < -0.39 is 12.0 Å². The Bertz CT molecular complexity index is 760. The van der Waals surface area contributed by atoms with Crippen LogP contribution in [0.2, 0.25) is 0 Å². The number of nitrogens with one attached hydrogen (secondary N) is 1. The summed E-state index contributed by atoms with van der Waals surface area (Å²) < 4.78 is 11.0. The molecule has 0 heterocycles. The van der Waals surface area contributed by atoms with Crippen molar-refractivity contribution in [3.05, 3.63) is 65.7 Å². The first kappa shape index (κ1) is 22.5. The van der Waals surface area contributed by atoms with Gasteiger partial charge in [-0.05, 0) is 31.0 Å². The van der Waals surface area contributed by atoms with Gasteiger partial charge in [0.2, 0.25) is 0 Å². The highest BCUT2D eigenvalue weighted by molar-refractivity contribution is 5.99. The van der Waals surface area contributed by atoms with E-state index in [2.05, 4.69) is 12.2 Å². The number of amides is 1. The molecule has 1 N–H and O–H groups in total. The molecule has 0 saturated heterocycles. The van der Waals surface area contributed by atoms with Crippen molar-refractivity contribution in [3.63, 3.8) is 0 Å².